The molecule has 0 bridgehead atoms. The maximum atomic E-state index is 13.4. The van der Waals surface area contributed by atoms with E-state index in [4.69, 9.17) is 4.74 Å². The van der Waals surface area contributed by atoms with Crippen LogP contribution < -0.4 is 15.0 Å². The van der Waals surface area contributed by atoms with Gasteiger partial charge in [0.15, 0.2) is 11.5 Å². The van der Waals surface area contributed by atoms with Crippen LogP contribution in [0.15, 0.2) is 103 Å². The first-order chi connectivity index (χ1) is 18.0. The summed E-state index contributed by atoms with van der Waals surface area (Å²) in [5.74, 6) is 0.0191. The van der Waals surface area contributed by atoms with Crippen molar-refractivity contribution in [1.82, 2.24) is 5.32 Å². The van der Waals surface area contributed by atoms with E-state index in [1.54, 1.807) is 47.4 Å². The normalized spacial score (nSPS) is 13.7. The SMILES string of the molecule is Cc1ccc(CN2C(=O)/C(=C\c3ccc(C(=O)NCc4ccc(F)cc4)cc3)Oc3ccccc32)cc1. The van der Waals surface area contributed by atoms with Gasteiger partial charge in [-0.1, -0.05) is 66.2 Å². The topological polar surface area (TPSA) is 58.6 Å². The van der Waals surface area contributed by atoms with E-state index < -0.39 is 0 Å². The van der Waals surface area contributed by atoms with Crippen LogP contribution >= 0.6 is 0 Å². The van der Waals surface area contributed by atoms with E-state index >= 15 is 0 Å². The minimum absolute atomic E-state index is 0.208. The summed E-state index contributed by atoms with van der Waals surface area (Å²) in [5.41, 5.74) is 4.91. The Labute approximate surface area is 214 Å². The highest BCUT2D eigenvalue weighted by Gasteiger charge is 2.30. The highest BCUT2D eigenvalue weighted by molar-refractivity contribution is 6.09. The highest BCUT2D eigenvalue weighted by atomic mass is 19.1. The number of carbonyl (C=O) groups is 2. The zero-order chi connectivity index (χ0) is 25.8. The molecule has 0 saturated carbocycles. The maximum absolute atomic E-state index is 13.4. The highest BCUT2D eigenvalue weighted by Crippen LogP contribution is 2.36. The van der Waals surface area contributed by atoms with Crippen LogP contribution in [-0.4, -0.2) is 11.8 Å². The molecule has 5 rings (SSSR count). The van der Waals surface area contributed by atoms with Gasteiger partial charge in [-0.3, -0.25) is 14.5 Å². The molecule has 4 aromatic rings. The quantitative estimate of drug-likeness (QED) is 0.334. The second-order valence-electron chi connectivity index (χ2n) is 8.89. The van der Waals surface area contributed by atoms with Gasteiger partial charge < -0.3 is 10.1 Å². The maximum Gasteiger partial charge on any atom is 0.294 e. The summed E-state index contributed by atoms with van der Waals surface area (Å²) in [6.45, 7) is 2.74. The van der Waals surface area contributed by atoms with Gasteiger partial charge in [0.25, 0.3) is 11.8 Å². The van der Waals surface area contributed by atoms with Crippen molar-refractivity contribution >= 4 is 23.6 Å². The fourth-order valence-corrected chi connectivity index (χ4v) is 4.06. The second-order valence-corrected chi connectivity index (χ2v) is 8.89. The summed E-state index contributed by atoms with van der Waals surface area (Å²) >= 11 is 0. The van der Waals surface area contributed by atoms with E-state index in [-0.39, 0.29) is 23.4 Å². The molecule has 0 unspecified atom stereocenters. The monoisotopic (exact) mass is 492 g/mol. The summed E-state index contributed by atoms with van der Waals surface area (Å²) in [5, 5.41) is 2.82. The summed E-state index contributed by atoms with van der Waals surface area (Å²) in [7, 11) is 0. The van der Waals surface area contributed by atoms with Gasteiger partial charge in [-0.05, 0) is 66.1 Å². The molecule has 37 heavy (non-hydrogen) atoms. The molecule has 0 radical (unpaired) electrons. The summed E-state index contributed by atoms with van der Waals surface area (Å²) in [4.78, 5) is 27.7. The van der Waals surface area contributed by atoms with E-state index in [2.05, 4.69) is 5.32 Å². The Morgan fingerprint density at radius 2 is 1.57 bits per heavy atom. The number of anilines is 1. The zero-order valence-electron chi connectivity index (χ0n) is 20.3. The van der Waals surface area contributed by atoms with Crippen molar-refractivity contribution in [3.05, 3.63) is 136 Å². The average molecular weight is 493 g/mol. The predicted molar refractivity (Wildman–Crippen MR) is 141 cm³/mol. The number of nitrogens with one attached hydrogen (secondary N) is 1. The molecule has 0 fully saturated rings. The molecule has 1 heterocycles. The van der Waals surface area contributed by atoms with E-state index in [0.29, 0.717) is 24.4 Å². The molecule has 0 aliphatic carbocycles. The molecule has 0 spiro atoms. The number of hydrogen-bond acceptors (Lipinski definition) is 3. The third kappa shape index (κ3) is 5.59. The predicted octanol–water partition coefficient (Wildman–Crippen LogP) is 6.03. The lowest BCUT2D eigenvalue weighted by Crippen LogP contribution is -2.36. The molecule has 5 nitrogen and oxygen atoms in total. The first-order valence-corrected chi connectivity index (χ1v) is 11.9. The molecule has 0 aromatic heterocycles. The number of halogens is 1. The fourth-order valence-electron chi connectivity index (χ4n) is 4.06. The van der Waals surface area contributed by atoms with Crippen LogP contribution in [0.2, 0.25) is 0 Å². The van der Waals surface area contributed by atoms with Gasteiger partial charge in [-0.15, -0.1) is 0 Å². The molecule has 0 saturated heterocycles. The van der Waals surface area contributed by atoms with E-state index in [1.165, 1.54) is 12.1 Å². The largest absolute Gasteiger partial charge is 0.449 e. The van der Waals surface area contributed by atoms with Crippen molar-refractivity contribution in [2.75, 3.05) is 4.90 Å². The Kier molecular flexibility index (Phi) is 6.81. The summed E-state index contributed by atoms with van der Waals surface area (Å²) < 4.78 is 19.0. The molecule has 1 aliphatic rings. The van der Waals surface area contributed by atoms with Crippen molar-refractivity contribution < 1.29 is 18.7 Å². The molecular weight excluding hydrogens is 467 g/mol. The van der Waals surface area contributed by atoms with Crippen LogP contribution in [0.5, 0.6) is 5.75 Å². The lowest BCUT2D eigenvalue weighted by molar-refractivity contribution is -0.117. The molecule has 0 atom stereocenters. The average Bonchev–Trinajstić information content (AvgIpc) is 2.92. The van der Waals surface area contributed by atoms with Crippen molar-refractivity contribution in [3.63, 3.8) is 0 Å². The number of carbonyl (C=O) groups excluding carboxylic acids is 2. The van der Waals surface area contributed by atoms with Crippen LogP contribution in [0, 0.1) is 12.7 Å². The molecule has 4 aromatic carbocycles. The molecule has 2 amide bonds. The van der Waals surface area contributed by atoms with Crippen molar-refractivity contribution in [2.24, 2.45) is 0 Å². The van der Waals surface area contributed by atoms with Gasteiger partial charge >= 0.3 is 0 Å². The van der Waals surface area contributed by atoms with E-state index in [9.17, 15) is 14.0 Å². The van der Waals surface area contributed by atoms with Crippen LogP contribution in [0.3, 0.4) is 0 Å². The van der Waals surface area contributed by atoms with Gasteiger partial charge in [0.05, 0.1) is 12.2 Å². The Bertz CT molecular complexity index is 1460. The van der Waals surface area contributed by atoms with Crippen molar-refractivity contribution in [3.8, 4) is 5.75 Å². The number of para-hydroxylation sites is 2. The molecular formula is C31H25FN2O3. The fraction of sp³-hybridized carbons (Fsp3) is 0.0968. The number of rotatable bonds is 6. The third-order valence-electron chi connectivity index (χ3n) is 6.13. The lowest BCUT2D eigenvalue weighted by Gasteiger charge is -2.30. The van der Waals surface area contributed by atoms with Crippen molar-refractivity contribution in [1.29, 1.82) is 0 Å². The molecule has 1 aliphatic heterocycles. The smallest absolute Gasteiger partial charge is 0.294 e. The number of hydrogen-bond donors (Lipinski definition) is 1. The van der Waals surface area contributed by atoms with Gasteiger partial charge in [0.1, 0.15) is 5.82 Å². The van der Waals surface area contributed by atoms with Crippen molar-refractivity contribution in [2.45, 2.75) is 20.0 Å². The zero-order valence-corrected chi connectivity index (χ0v) is 20.3. The van der Waals surface area contributed by atoms with Gasteiger partial charge in [0.2, 0.25) is 0 Å². The van der Waals surface area contributed by atoms with Gasteiger partial charge in [-0.25, -0.2) is 4.39 Å². The standard InChI is InChI=1S/C31H25FN2O3/c1-21-6-8-24(9-7-21)20-34-27-4-2-3-5-28(27)37-29(31(34)36)18-22-10-14-25(15-11-22)30(35)33-19-23-12-16-26(32)17-13-23/h2-18H,19-20H2,1H3,(H,33,35)/b29-18+. The van der Waals surface area contributed by atoms with Gasteiger partial charge in [0, 0.05) is 12.1 Å². The van der Waals surface area contributed by atoms with Crippen LogP contribution in [0.25, 0.3) is 6.08 Å². The molecule has 1 N–H and O–H groups in total. The first-order valence-electron chi connectivity index (χ1n) is 11.9. The number of nitrogens with zero attached hydrogens (tertiary/aromatic N) is 1. The van der Waals surface area contributed by atoms with Crippen LogP contribution in [0.1, 0.15) is 32.6 Å². The van der Waals surface area contributed by atoms with Crippen LogP contribution in [-0.2, 0) is 17.9 Å². The van der Waals surface area contributed by atoms with Gasteiger partial charge in [-0.2, -0.15) is 0 Å². The van der Waals surface area contributed by atoms with Crippen LogP contribution in [0.4, 0.5) is 10.1 Å². The molecule has 6 heteroatoms. The number of amides is 2. The minimum atomic E-state index is -0.318. The van der Waals surface area contributed by atoms with E-state index in [0.717, 1.165) is 27.9 Å². The number of benzene rings is 4. The lowest BCUT2D eigenvalue weighted by atomic mass is 10.1. The number of fused-ring (bicyclic) bond motifs is 1. The Balaban J connectivity index is 1.32. The van der Waals surface area contributed by atoms with E-state index in [1.807, 2.05) is 55.5 Å². The Morgan fingerprint density at radius 1 is 0.892 bits per heavy atom. The molecule has 184 valence electrons. The minimum Gasteiger partial charge on any atom is -0.449 e. The first kappa shape index (κ1) is 24.0. The number of ether oxygens (including phenoxy) is 1. The third-order valence-corrected chi connectivity index (χ3v) is 6.13. The summed E-state index contributed by atoms with van der Waals surface area (Å²) in [6.07, 6.45) is 1.68. The second kappa shape index (κ2) is 10.5. The number of aryl methyl sites for hydroxylation is 1. The summed E-state index contributed by atoms with van der Waals surface area (Å²) in [6, 6.07) is 28.5. The Morgan fingerprint density at radius 3 is 2.30 bits per heavy atom. The Hall–Kier alpha value is -4.71.